The number of benzene rings is 1. The number of hydrogen-bond donors (Lipinski definition) is 2. The number of aliphatic imine (C=N–C) groups is 1. The van der Waals surface area contributed by atoms with Gasteiger partial charge < -0.3 is 4.74 Å². The van der Waals surface area contributed by atoms with Crippen LogP contribution in [0.1, 0.15) is 24.4 Å². The predicted octanol–water partition coefficient (Wildman–Crippen LogP) is 1.92. The van der Waals surface area contributed by atoms with Crippen molar-refractivity contribution >= 4 is 11.9 Å². The van der Waals surface area contributed by atoms with Gasteiger partial charge in [-0.1, -0.05) is 12.1 Å². The van der Waals surface area contributed by atoms with Crippen molar-refractivity contribution < 1.29 is 13.9 Å². The number of nitrogens with one attached hydrogen (secondary N) is 2. The molecule has 0 spiro atoms. The van der Waals surface area contributed by atoms with E-state index in [-0.39, 0.29) is 11.9 Å². The molecule has 1 atom stereocenters. The molecule has 1 unspecified atom stereocenters. The van der Waals surface area contributed by atoms with Crippen LogP contribution in [0.5, 0.6) is 0 Å². The van der Waals surface area contributed by atoms with Crippen molar-refractivity contribution in [3.05, 3.63) is 35.6 Å². The summed E-state index contributed by atoms with van der Waals surface area (Å²) in [5.74, 6) is 0.395. The van der Waals surface area contributed by atoms with Crippen LogP contribution in [0.15, 0.2) is 29.3 Å². The standard InChI is InChI=1S/C12H14FN3O2/c1-18-12(17)16-15-11-6-5-10(14-11)8-3-2-4-9(13)7-8/h2-4,7,10H,5-6H2,1H3,(H,14,15)(H,16,17). The Morgan fingerprint density at radius 2 is 2.39 bits per heavy atom. The topological polar surface area (TPSA) is 62.7 Å². The molecule has 1 aromatic rings. The first-order chi connectivity index (χ1) is 8.69. The van der Waals surface area contributed by atoms with E-state index in [1.54, 1.807) is 6.07 Å². The Hall–Kier alpha value is -2.11. The van der Waals surface area contributed by atoms with Crippen LogP contribution in [0, 0.1) is 5.82 Å². The first kappa shape index (κ1) is 12.3. The molecule has 1 amide bonds. The van der Waals surface area contributed by atoms with Gasteiger partial charge in [-0.3, -0.25) is 10.4 Å². The first-order valence-electron chi connectivity index (χ1n) is 5.61. The Bertz CT molecular complexity index is 476. The molecule has 18 heavy (non-hydrogen) atoms. The maximum atomic E-state index is 13.1. The van der Waals surface area contributed by atoms with Crippen molar-refractivity contribution in [2.45, 2.75) is 18.9 Å². The third-order valence-corrected chi connectivity index (χ3v) is 2.69. The molecular weight excluding hydrogens is 237 g/mol. The number of hydrogen-bond acceptors (Lipinski definition) is 4. The van der Waals surface area contributed by atoms with Crippen LogP contribution in [-0.2, 0) is 4.74 Å². The normalized spacial score (nSPS) is 18.1. The molecule has 1 aliphatic rings. The van der Waals surface area contributed by atoms with E-state index < -0.39 is 6.09 Å². The molecule has 0 saturated carbocycles. The van der Waals surface area contributed by atoms with Gasteiger partial charge in [0.1, 0.15) is 11.7 Å². The number of halogens is 1. The molecular formula is C12H14FN3O2. The fraction of sp³-hybridized carbons (Fsp3) is 0.333. The third-order valence-electron chi connectivity index (χ3n) is 2.69. The molecule has 0 saturated heterocycles. The van der Waals surface area contributed by atoms with Crippen molar-refractivity contribution in [1.29, 1.82) is 0 Å². The zero-order chi connectivity index (χ0) is 13.0. The molecule has 0 aliphatic carbocycles. The van der Waals surface area contributed by atoms with E-state index in [1.807, 2.05) is 6.07 Å². The molecule has 0 bridgehead atoms. The van der Waals surface area contributed by atoms with E-state index >= 15 is 0 Å². The number of ether oxygens (including phenoxy) is 1. The van der Waals surface area contributed by atoms with Crippen LogP contribution >= 0.6 is 0 Å². The number of nitrogens with zero attached hydrogens (tertiary/aromatic N) is 1. The molecule has 2 N–H and O–H groups in total. The quantitative estimate of drug-likeness (QED) is 0.749. The van der Waals surface area contributed by atoms with Crippen LogP contribution < -0.4 is 10.9 Å². The number of carbonyl (C=O) groups excluding carboxylic acids is 1. The average Bonchev–Trinajstić information content (AvgIpc) is 2.84. The van der Waals surface area contributed by atoms with Gasteiger partial charge in [0.05, 0.1) is 13.2 Å². The Morgan fingerprint density at radius 1 is 1.56 bits per heavy atom. The minimum atomic E-state index is -0.577. The van der Waals surface area contributed by atoms with Gasteiger partial charge in [-0.2, -0.15) is 0 Å². The largest absolute Gasteiger partial charge is 0.452 e. The lowest BCUT2D eigenvalue weighted by Gasteiger charge is -2.06. The maximum absolute atomic E-state index is 13.1. The number of hydrazine groups is 1. The van der Waals surface area contributed by atoms with E-state index in [0.717, 1.165) is 12.0 Å². The third kappa shape index (κ3) is 2.97. The monoisotopic (exact) mass is 251 g/mol. The number of methoxy groups -OCH3 is 1. The van der Waals surface area contributed by atoms with Gasteiger partial charge in [-0.25, -0.2) is 14.6 Å². The molecule has 2 rings (SSSR count). The fourth-order valence-electron chi connectivity index (χ4n) is 1.81. The van der Waals surface area contributed by atoms with Crippen molar-refractivity contribution in [3.8, 4) is 0 Å². The van der Waals surface area contributed by atoms with Gasteiger partial charge in [-0.05, 0) is 24.1 Å². The van der Waals surface area contributed by atoms with Gasteiger partial charge in [0, 0.05) is 6.42 Å². The Balaban J connectivity index is 1.97. The Labute approximate surface area is 104 Å². The lowest BCUT2D eigenvalue weighted by Crippen LogP contribution is -2.40. The van der Waals surface area contributed by atoms with Crippen LogP contribution in [0.25, 0.3) is 0 Å². The fourth-order valence-corrected chi connectivity index (χ4v) is 1.81. The molecule has 1 aromatic carbocycles. The van der Waals surface area contributed by atoms with E-state index in [1.165, 1.54) is 19.2 Å². The summed E-state index contributed by atoms with van der Waals surface area (Å²) in [6.07, 6.45) is 0.909. The Kier molecular flexibility index (Phi) is 3.76. The zero-order valence-electron chi connectivity index (χ0n) is 9.94. The van der Waals surface area contributed by atoms with Crippen LogP contribution in [0.2, 0.25) is 0 Å². The second kappa shape index (κ2) is 5.48. The van der Waals surface area contributed by atoms with Gasteiger partial charge in [0.25, 0.3) is 0 Å². The molecule has 1 aliphatic heterocycles. The minimum Gasteiger partial charge on any atom is -0.452 e. The van der Waals surface area contributed by atoms with E-state index in [4.69, 9.17) is 0 Å². The minimum absolute atomic E-state index is 0.0670. The highest BCUT2D eigenvalue weighted by Crippen LogP contribution is 2.28. The lowest BCUT2D eigenvalue weighted by molar-refractivity contribution is 0.168. The molecule has 6 heteroatoms. The number of amides is 1. The van der Waals surface area contributed by atoms with Crippen molar-refractivity contribution in [3.63, 3.8) is 0 Å². The summed E-state index contributed by atoms with van der Waals surface area (Å²) >= 11 is 0. The lowest BCUT2D eigenvalue weighted by atomic mass is 10.1. The summed E-state index contributed by atoms with van der Waals surface area (Å²) in [6.45, 7) is 0. The summed E-state index contributed by atoms with van der Waals surface area (Å²) in [4.78, 5) is 15.2. The molecule has 0 fully saturated rings. The van der Waals surface area contributed by atoms with Crippen LogP contribution in [-0.4, -0.2) is 19.0 Å². The highest BCUT2D eigenvalue weighted by Gasteiger charge is 2.19. The number of rotatable bonds is 1. The van der Waals surface area contributed by atoms with E-state index in [0.29, 0.717) is 12.3 Å². The second-order valence-electron chi connectivity index (χ2n) is 3.93. The van der Waals surface area contributed by atoms with Crippen molar-refractivity contribution in [2.75, 3.05) is 7.11 Å². The molecule has 0 radical (unpaired) electrons. The number of carbonyl (C=O) groups is 1. The highest BCUT2D eigenvalue weighted by atomic mass is 19.1. The summed E-state index contributed by atoms with van der Waals surface area (Å²) < 4.78 is 17.5. The molecule has 5 nitrogen and oxygen atoms in total. The highest BCUT2D eigenvalue weighted by molar-refractivity contribution is 5.85. The molecule has 0 aromatic heterocycles. The predicted molar refractivity (Wildman–Crippen MR) is 64.5 cm³/mol. The van der Waals surface area contributed by atoms with Gasteiger partial charge in [-0.15, -0.1) is 0 Å². The van der Waals surface area contributed by atoms with Gasteiger partial charge >= 0.3 is 6.09 Å². The summed E-state index contributed by atoms with van der Waals surface area (Å²) in [6, 6.07) is 6.32. The van der Waals surface area contributed by atoms with Crippen LogP contribution in [0.3, 0.4) is 0 Å². The smallest absolute Gasteiger partial charge is 0.425 e. The maximum Gasteiger partial charge on any atom is 0.425 e. The SMILES string of the molecule is COC(=O)NNC1=NC(c2cccc(F)c2)CC1. The summed E-state index contributed by atoms with van der Waals surface area (Å²) in [5, 5.41) is 0. The van der Waals surface area contributed by atoms with Crippen molar-refractivity contribution in [1.82, 2.24) is 10.9 Å². The second-order valence-corrected chi connectivity index (χ2v) is 3.93. The van der Waals surface area contributed by atoms with E-state index in [2.05, 4.69) is 20.6 Å². The van der Waals surface area contributed by atoms with Crippen LogP contribution in [0.4, 0.5) is 9.18 Å². The first-order valence-corrected chi connectivity index (χ1v) is 5.61. The molecule has 1 heterocycles. The van der Waals surface area contributed by atoms with Gasteiger partial charge in [0.2, 0.25) is 0 Å². The zero-order valence-corrected chi connectivity index (χ0v) is 9.94. The van der Waals surface area contributed by atoms with E-state index in [9.17, 15) is 9.18 Å². The molecule has 96 valence electrons. The Morgan fingerprint density at radius 3 is 3.11 bits per heavy atom. The average molecular weight is 251 g/mol. The van der Waals surface area contributed by atoms with Crippen molar-refractivity contribution in [2.24, 2.45) is 4.99 Å². The summed E-state index contributed by atoms with van der Waals surface area (Å²) in [7, 11) is 1.28. The van der Waals surface area contributed by atoms with Gasteiger partial charge in [0.15, 0.2) is 0 Å². The number of amidine groups is 1. The summed E-state index contributed by atoms with van der Waals surface area (Å²) in [5.41, 5.74) is 5.86.